The minimum Gasteiger partial charge on any atom is -0.506 e. The molecule has 1 aliphatic carbocycles. The van der Waals surface area contributed by atoms with Gasteiger partial charge in [-0.1, -0.05) is 0 Å². The molecule has 0 radical (unpaired) electrons. The molecule has 4 heteroatoms. The normalized spacial score (nSPS) is 15.1. The summed E-state index contributed by atoms with van der Waals surface area (Å²) in [5.74, 6) is 0.000833. The van der Waals surface area contributed by atoms with E-state index in [1.165, 1.54) is 13.3 Å². The summed E-state index contributed by atoms with van der Waals surface area (Å²) in [7, 11) is 1.33. The average Bonchev–Trinajstić information content (AvgIpc) is 3.04. The predicted molar refractivity (Wildman–Crippen MR) is 54.0 cm³/mol. The Morgan fingerprint density at radius 1 is 1.60 bits per heavy atom. The number of ether oxygens (including phenoxy) is 1. The molecule has 0 bridgehead atoms. The maximum absolute atomic E-state index is 11.5. The number of carbonyl (C=O) groups is 1. The lowest BCUT2D eigenvalue weighted by atomic mass is 10.0. The minimum atomic E-state index is -0.431. The molecule has 1 aromatic heterocycles. The van der Waals surface area contributed by atoms with Gasteiger partial charge in [-0.2, -0.15) is 0 Å². The van der Waals surface area contributed by atoms with Gasteiger partial charge in [0, 0.05) is 11.8 Å². The third-order valence-corrected chi connectivity index (χ3v) is 2.67. The first-order valence-corrected chi connectivity index (χ1v) is 4.92. The largest absolute Gasteiger partial charge is 0.506 e. The SMILES string of the molecule is COC(=O)c1cnc(C)c(O)c1C1CC1. The Labute approximate surface area is 87.9 Å². The van der Waals surface area contributed by atoms with Crippen molar-refractivity contribution in [2.75, 3.05) is 7.11 Å². The van der Waals surface area contributed by atoms with Crippen molar-refractivity contribution >= 4 is 5.97 Å². The van der Waals surface area contributed by atoms with E-state index >= 15 is 0 Å². The standard InChI is InChI=1S/C11H13NO3/c1-6-10(13)9(7-3-4-7)8(5-12-6)11(14)15-2/h5,7,13H,3-4H2,1-2H3. The highest BCUT2D eigenvalue weighted by Crippen LogP contribution is 2.46. The molecule has 0 saturated heterocycles. The highest BCUT2D eigenvalue weighted by molar-refractivity contribution is 5.92. The third kappa shape index (κ3) is 1.67. The van der Waals surface area contributed by atoms with E-state index in [1.807, 2.05) is 0 Å². The second-order valence-corrected chi connectivity index (χ2v) is 3.79. The molecule has 80 valence electrons. The van der Waals surface area contributed by atoms with E-state index in [-0.39, 0.29) is 5.75 Å². The van der Waals surface area contributed by atoms with Crippen molar-refractivity contribution in [2.45, 2.75) is 25.7 Å². The fourth-order valence-electron chi connectivity index (χ4n) is 1.67. The maximum Gasteiger partial charge on any atom is 0.339 e. The van der Waals surface area contributed by atoms with Gasteiger partial charge in [0.1, 0.15) is 5.75 Å². The molecule has 0 aliphatic heterocycles. The predicted octanol–water partition coefficient (Wildman–Crippen LogP) is 1.76. The molecule has 1 fully saturated rings. The maximum atomic E-state index is 11.5. The van der Waals surface area contributed by atoms with E-state index in [9.17, 15) is 9.90 Å². The number of nitrogens with zero attached hydrogens (tertiary/aromatic N) is 1. The van der Waals surface area contributed by atoms with Gasteiger partial charge >= 0.3 is 5.97 Å². The van der Waals surface area contributed by atoms with E-state index in [0.717, 1.165) is 12.8 Å². The van der Waals surface area contributed by atoms with Gasteiger partial charge in [0.2, 0.25) is 0 Å². The molecule has 1 saturated carbocycles. The smallest absolute Gasteiger partial charge is 0.339 e. The molecule has 0 unspecified atom stereocenters. The number of methoxy groups -OCH3 is 1. The lowest BCUT2D eigenvalue weighted by Crippen LogP contribution is -2.07. The van der Waals surface area contributed by atoms with Crippen LogP contribution in [0.2, 0.25) is 0 Å². The summed E-state index contributed by atoms with van der Waals surface area (Å²) in [5.41, 5.74) is 1.65. The Balaban J connectivity index is 2.53. The highest BCUT2D eigenvalue weighted by atomic mass is 16.5. The number of hydrogen-bond donors (Lipinski definition) is 1. The van der Waals surface area contributed by atoms with Crippen LogP contribution in [0.4, 0.5) is 0 Å². The lowest BCUT2D eigenvalue weighted by Gasteiger charge is -2.10. The van der Waals surface area contributed by atoms with Crippen molar-refractivity contribution in [1.29, 1.82) is 0 Å². The van der Waals surface area contributed by atoms with Crippen LogP contribution in [0, 0.1) is 6.92 Å². The van der Waals surface area contributed by atoms with Crippen molar-refractivity contribution < 1.29 is 14.6 Å². The number of carbonyl (C=O) groups excluding carboxylic acids is 1. The van der Waals surface area contributed by atoms with Crippen LogP contribution in [-0.4, -0.2) is 23.2 Å². The van der Waals surface area contributed by atoms with Crippen LogP contribution >= 0.6 is 0 Å². The first kappa shape index (κ1) is 9.96. The van der Waals surface area contributed by atoms with Crippen LogP contribution in [0.25, 0.3) is 0 Å². The summed E-state index contributed by atoms with van der Waals surface area (Å²) in [6.45, 7) is 1.72. The second kappa shape index (κ2) is 3.53. The van der Waals surface area contributed by atoms with Crippen molar-refractivity contribution in [3.63, 3.8) is 0 Å². The molecular weight excluding hydrogens is 194 g/mol. The topological polar surface area (TPSA) is 59.4 Å². The molecule has 1 N–H and O–H groups in total. The summed E-state index contributed by atoms with van der Waals surface area (Å²) >= 11 is 0. The van der Waals surface area contributed by atoms with E-state index in [2.05, 4.69) is 9.72 Å². The fourth-order valence-corrected chi connectivity index (χ4v) is 1.67. The summed E-state index contributed by atoms with van der Waals surface area (Å²) < 4.78 is 4.66. The first-order valence-electron chi connectivity index (χ1n) is 4.92. The van der Waals surface area contributed by atoms with Crippen LogP contribution in [-0.2, 0) is 4.74 Å². The molecule has 4 nitrogen and oxygen atoms in total. The first-order chi connectivity index (χ1) is 7.15. The molecule has 1 aromatic rings. The van der Waals surface area contributed by atoms with Crippen molar-refractivity contribution in [3.05, 3.63) is 23.0 Å². The van der Waals surface area contributed by atoms with E-state index in [1.54, 1.807) is 6.92 Å². The number of aryl methyl sites for hydroxylation is 1. The fraction of sp³-hybridized carbons (Fsp3) is 0.455. The van der Waals surface area contributed by atoms with Crippen LogP contribution in [0.15, 0.2) is 6.20 Å². The van der Waals surface area contributed by atoms with Gasteiger partial charge in [0.05, 0.1) is 18.4 Å². The molecule has 0 spiro atoms. The van der Waals surface area contributed by atoms with Crippen molar-refractivity contribution in [1.82, 2.24) is 4.98 Å². The van der Waals surface area contributed by atoms with Crippen LogP contribution in [0.3, 0.4) is 0 Å². The zero-order chi connectivity index (χ0) is 11.0. The summed E-state index contributed by atoms with van der Waals surface area (Å²) in [4.78, 5) is 15.4. The molecular formula is C11H13NO3. The Hall–Kier alpha value is -1.58. The van der Waals surface area contributed by atoms with E-state index < -0.39 is 5.97 Å². The monoisotopic (exact) mass is 207 g/mol. The third-order valence-electron chi connectivity index (χ3n) is 2.67. The summed E-state index contributed by atoms with van der Waals surface area (Å²) in [5, 5.41) is 9.86. The van der Waals surface area contributed by atoms with Gasteiger partial charge < -0.3 is 9.84 Å². The molecule has 2 rings (SSSR count). The van der Waals surface area contributed by atoms with Crippen molar-refractivity contribution in [3.8, 4) is 5.75 Å². The van der Waals surface area contributed by atoms with Gasteiger partial charge in [0.15, 0.2) is 0 Å². The van der Waals surface area contributed by atoms with Gasteiger partial charge in [-0.15, -0.1) is 0 Å². The number of esters is 1. The quantitative estimate of drug-likeness (QED) is 0.751. The van der Waals surface area contributed by atoms with Gasteiger partial charge in [-0.25, -0.2) is 4.79 Å². The summed E-state index contributed by atoms with van der Waals surface area (Å²) in [6.07, 6.45) is 3.51. The molecule has 0 aromatic carbocycles. The number of pyridine rings is 1. The molecule has 0 atom stereocenters. The Kier molecular flexibility index (Phi) is 2.34. The molecule has 15 heavy (non-hydrogen) atoms. The molecule has 1 heterocycles. The zero-order valence-electron chi connectivity index (χ0n) is 8.78. The Bertz CT molecular complexity index is 411. The van der Waals surface area contributed by atoms with Crippen LogP contribution in [0.5, 0.6) is 5.75 Å². The lowest BCUT2D eigenvalue weighted by molar-refractivity contribution is 0.0598. The Morgan fingerprint density at radius 3 is 2.80 bits per heavy atom. The number of hydrogen-bond acceptors (Lipinski definition) is 4. The van der Waals surface area contributed by atoms with Crippen LogP contribution < -0.4 is 0 Å². The van der Waals surface area contributed by atoms with E-state index in [0.29, 0.717) is 22.7 Å². The van der Waals surface area contributed by atoms with Gasteiger partial charge in [-0.3, -0.25) is 4.98 Å². The average molecular weight is 207 g/mol. The van der Waals surface area contributed by atoms with Crippen LogP contribution in [0.1, 0.15) is 40.4 Å². The Morgan fingerprint density at radius 2 is 2.27 bits per heavy atom. The van der Waals surface area contributed by atoms with E-state index in [4.69, 9.17) is 0 Å². The molecule has 0 amide bonds. The minimum absolute atomic E-state index is 0.139. The number of aromatic nitrogens is 1. The second-order valence-electron chi connectivity index (χ2n) is 3.79. The summed E-state index contributed by atoms with van der Waals surface area (Å²) in [6, 6.07) is 0. The molecule has 1 aliphatic rings. The van der Waals surface area contributed by atoms with Gasteiger partial charge in [0.25, 0.3) is 0 Å². The number of rotatable bonds is 2. The zero-order valence-corrected chi connectivity index (χ0v) is 8.78. The van der Waals surface area contributed by atoms with Gasteiger partial charge in [-0.05, 0) is 25.7 Å². The van der Waals surface area contributed by atoms with Crippen molar-refractivity contribution in [2.24, 2.45) is 0 Å². The highest BCUT2D eigenvalue weighted by Gasteiger charge is 2.32. The number of aromatic hydroxyl groups is 1.